The molecule has 0 bridgehead atoms. The zero-order valence-electron chi connectivity index (χ0n) is 17.2. The number of furan rings is 1. The van der Waals surface area contributed by atoms with Crippen molar-refractivity contribution in [1.82, 2.24) is 9.88 Å². The molecule has 170 valence electrons. The minimum atomic E-state index is -4.91. The summed E-state index contributed by atoms with van der Waals surface area (Å²) in [4.78, 5) is 18.5. The minimum Gasteiger partial charge on any atom is -0.456 e. The van der Waals surface area contributed by atoms with E-state index in [9.17, 15) is 22.4 Å². The Labute approximate surface area is 180 Å². The van der Waals surface area contributed by atoms with E-state index in [1.165, 1.54) is 25.3 Å². The fraction of sp³-hybridized carbons (Fsp3) is 0.364. The minimum absolute atomic E-state index is 0.0165. The number of alkyl halides is 4. The number of ether oxygens (including phenoxy) is 1. The highest BCUT2D eigenvalue weighted by Crippen LogP contribution is 2.37. The number of nitrogens with two attached hydrogens (primary N) is 1. The number of halogens is 4. The molecule has 10 heteroatoms. The van der Waals surface area contributed by atoms with Gasteiger partial charge in [-0.15, -0.1) is 13.2 Å². The van der Waals surface area contributed by atoms with E-state index < -0.39 is 17.8 Å². The zero-order valence-corrected chi connectivity index (χ0v) is 17.2. The van der Waals surface area contributed by atoms with Crippen LogP contribution in [0.25, 0.3) is 22.2 Å². The molecule has 1 fully saturated rings. The third-order valence-corrected chi connectivity index (χ3v) is 5.46. The fourth-order valence-electron chi connectivity index (χ4n) is 3.67. The summed E-state index contributed by atoms with van der Waals surface area (Å²) in [6, 6.07) is 7.41. The van der Waals surface area contributed by atoms with E-state index in [2.05, 4.69) is 9.72 Å². The monoisotopic (exact) mass is 451 g/mol. The summed E-state index contributed by atoms with van der Waals surface area (Å²) in [6.45, 7) is 2.16. The maximum Gasteiger partial charge on any atom is 0.573 e. The Morgan fingerprint density at radius 2 is 1.97 bits per heavy atom. The molecule has 0 atom stereocenters. The molecular weight excluding hydrogens is 430 g/mol. The van der Waals surface area contributed by atoms with Crippen LogP contribution >= 0.6 is 0 Å². The lowest BCUT2D eigenvalue weighted by Crippen LogP contribution is -2.43. The van der Waals surface area contributed by atoms with Crippen LogP contribution in [0.5, 0.6) is 5.75 Å². The number of nitrogens with zero attached hydrogens (tertiary/aromatic N) is 2. The number of pyridine rings is 1. The molecular formula is C22H21F4N3O3. The summed E-state index contributed by atoms with van der Waals surface area (Å²) in [5.41, 5.74) is 5.21. The highest BCUT2D eigenvalue weighted by atomic mass is 19.4. The van der Waals surface area contributed by atoms with Crippen molar-refractivity contribution < 1.29 is 31.5 Å². The van der Waals surface area contributed by atoms with E-state index >= 15 is 0 Å². The standard InChI is InChI=1S/C22H21F4N3O3/c1-21(23)4-6-29(7-5-21)20(30)13-2-3-17(28-12-13)14-8-15-9-16(11-27)31-19(15)18(10-14)32-22(24,25)26/h2-3,8-10,12H,4-7,11,27H2,1H3. The van der Waals surface area contributed by atoms with Gasteiger partial charge >= 0.3 is 6.36 Å². The van der Waals surface area contributed by atoms with Crippen molar-refractivity contribution in [2.24, 2.45) is 5.73 Å². The van der Waals surface area contributed by atoms with Gasteiger partial charge in [-0.2, -0.15) is 0 Å². The van der Waals surface area contributed by atoms with Gasteiger partial charge in [-0.05, 0) is 50.1 Å². The zero-order chi connectivity index (χ0) is 23.1. The third kappa shape index (κ3) is 4.69. The molecule has 1 amide bonds. The quantitative estimate of drug-likeness (QED) is 0.576. The summed E-state index contributed by atoms with van der Waals surface area (Å²) >= 11 is 0. The predicted octanol–water partition coefficient (Wildman–Crippen LogP) is 4.82. The molecule has 0 aliphatic carbocycles. The normalized spacial score (nSPS) is 16.4. The Kier molecular flexibility index (Phi) is 5.58. The Balaban J connectivity index is 1.62. The van der Waals surface area contributed by atoms with Crippen LogP contribution in [-0.2, 0) is 6.54 Å². The molecule has 0 saturated carbocycles. The van der Waals surface area contributed by atoms with Gasteiger partial charge < -0.3 is 19.8 Å². The number of amides is 1. The van der Waals surface area contributed by atoms with E-state index in [0.29, 0.717) is 41.1 Å². The van der Waals surface area contributed by atoms with Crippen molar-refractivity contribution in [2.45, 2.75) is 38.3 Å². The van der Waals surface area contributed by atoms with Gasteiger partial charge in [0.2, 0.25) is 0 Å². The van der Waals surface area contributed by atoms with Gasteiger partial charge in [-0.3, -0.25) is 9.78 Å². The molecule has 1 aromatic carbocycles. The van der Waals surface area contributed by atoms with Gasteiger partial charge in [0, 0.05) is 30.2 Å². The topological polar surface area (TPSA) is 81.6 Å². The predicted molar refractivity (Wildman–Crippen MR) is 109 cm³/mol. The van der Waals surface area contributed by atoms with Crippen LogP contribution in [0, 0.1) is 0 Å². The Morgan fingerprint density at radius 3 is 2.56 bits per heavy atom. The molecule has 3 aromatic rings. The Hall–Kier alpha value is -3.14. The Bertz CT molecular complexity index is 1130. The summed E-state index contributed by atoms with van der Waals surface area (Å²) in [7, 11) is 0. The highest BCUT2D eigenvalue weighted by Gasteiger charge is 2.33. The number of hydrogen-bond acceptors (Lipinski definition) is 5. The van der Waals surface area contributed by atoms with E-state index in [1.807, 2.05) is 0 Å². The van der Waals surface area contributed by atoms with Crippen molar-refractivity contribution >= 4 is 16.9 Å². The van der Waals surface area contributed by atoms with E-state index in [0.717, 1.165) is 0 Å². The number of hydrogen-bond donors (Lipinski definition) is 1. The summed E-state index contributed by atoms with van der Waals surface area (Å²) in [5, 5.41) is 0.381. The van der Waals surface area contributed by atoms with Crippen LogP contribution in [0.2, 0.25) is 0 Å². The number of carbonyl (C=O) groups is 1. The van der Waals surface area contributed by atoms with Gasteiger partial charge in [0.05, 0.1) is 17.8 Å². The van der Waals surface area contributed by atoms with Crippen LogP contribution in [0.4, 0.5) is 17.6 Å². The average Bonchev–Trinajstić information content (AvgIpc) is 3.16. The van der Waals surface area contributed by atoms with Crippen LogP contribution in [0.1, 0.15) is 35.9 Å². The first-order valence-electron chi connectivity index (χ1n) is 10.0. The first-order chi connectivity index (χ1) is 15.0. The molecule has 3 heterocycles. The molecule has 1 aliphatic rings. The smallest absolute Gasteiger partial charge is 0.456 e. The van der Waals surface area contributed by atoms with Crippen molar-refractivity contribution in [3.8, 4) is 17.0 Å². The van der Waals surface area contributed by atoms with Crippen LogP contribution in [0.3, 0.4) is 0 Å². The van der Waals surface area contributed by atoms with Gasteiger partial charge in [-0.25, -0.2) is 4.39 Å². The molecule has 2 N–H and O–H groups in total. The lowest BCUT2D eigenvalue weighted by Gasteiger charge is -2.34. The van der Waals surface area contributed by atoms with Gasteiger partial charge in [-0.1, -0.05) is 0 Å². The van der Waals surface area contributed by atoms with Crippen LogP contribution in [0.15, 0.2) is 40.9 Å². The molecule has 0 spiro atoms. The lowest BCUT2D eigenvalue weighted by atomic mass is 9.95. The summed E-state index contributed by atoms with van der Waals surface area (Å²) < 4.78 is 62.2. The molecule has 4 rings (SSSR count). The lowest BCUT2D eigenvalue weighted by molar-refractivity contribution is -0.274. The SMILES string of the molecule is CC1(F)CCN(C(=O)c2ccc(-c3cc(OC(F)(F)F)c4oc(CN)cc4c3)nc2)CC1. The summed E-state index contributed by atoms with van der Waals surface area (Å²) in [6.07, 6.45) is -3.02. The number of benzene rings is 1. The molecule has 0 radical (unpaired) electrons. The van der Waals surface area contributed by atoms with Gasteiger partial charge in [0.15, 0.2) is 11.3 Å². The molecule has 32 heavy (non-hydrogen) atoms. The number of fused-ring (bicyclic) bond motifs is 1. The number of rotatable bonds is 4. The second-order valence-corrected chi connectivity index (χ2v) is 8.00. The Morgan fingerprint density at radius 1 is 1.25 bits per heavy atom. The number of likely N-dealkylation sites (tertiary alicyclic amines) is 1. The number of aromatic nitrogens is 1. The van der Waals surface area contributed by atoms with Crippen molar-refractivity contribution in [3.05, 3.63) is 47.9 Å². The van der Waals surface area contributed by atoms with Gasteiger partial charge in [0.25, 0.3) is 5.91 Å². The first-order valence-corrected chi connectivity index (χ1v) is 10.0. The third-order valence-electron chi connectivity index (χ3n) is 5.46. The summed E-state index contributed by atoms with van der Waals surface area (Å²) in [5.74, 6) is -0.461. The fourth-order valence-corrected chi connectivity index (χ4v) is 3.67. The second-order valence-electron chi connectivity index (χ2n) is 8.00. The molecule has 6 nitrogen and oxygen atoms in total. The van der Waals surface area contributed by atoms with Crippen molar-refractivity contribution in [3.63, 3.8) is 0 Å². The van der Waals surface area contributed by atoms with E-state index in [-0.39, 0.29) is 30.9 Å². The van der Waals surface area contributed by atoms with Crippen molar-refractivity contribution in [1.29, 1.82) is 0 Å². The largest absolute Gasteiger partial charge is 0.573 e. The molecule has 1 aliphatic heterocycles. The average molecular weight is 451 g/mol. The van der Waals surface area contributed by atoms with E-state index in [1.54, 1.807) is 23.1 Å². The van der Waals surface area contributed by atoms with Gasteiger partial charge in [0.1, 0.15) is 11.4 Å². The molecule has 0 unspecified atom stereocenters. The van der Waals surface area contributed by atoms with Crippen molar-refractivity contribution in [2.75, 3.05) is 13.1 Å². The van der Waals surface area contributed by atoms with E-state index in [4.69, 9.17) is 10.2 Å². The first kappa shape index (κ1) is 22.1. The number of carbonyl (C=O) groups excluding carboxylic acids is 1. The maximum absolute atomic E-state index is 14.0. The molecule has 2 aromatic heterocycles. The molecule has 1 saturated heterocycles. The second kappa shape index (κ2) is 8.09. The maximum atomic E-state index is 14.0. The number of piperidine rings is 1. The highest BCUT2D eigenvalue weighted by molar-refractivity contribution is 5.94. The van der Waals surface area contributed by atoms with Crippen LogP contribution in [-0.4, -0.2) is 40.9 Å². The van der Waals surface area contributed by atoms with Crippen LogP contribution < -0.4 is 10.5 Å².